The number of nitrogens with one attached hydrogen (secondary N) is 2. The number of methoxy groups -OCH3 is 1. The van der Waals surface area contributed by atoms with Crippen molar-refractivity contribution >= 4 is 18.0 Å². The number of hydrogen-bond acceptors (Lipinski definition) is 8. The Labute approximate surface area is 286 Å². The van der Waals surface area contributed by atoms with E-state index >= 15 is 0 Å². The SMILES string of the molecule is COC(=O)Cc1ccccc1OCc1cc(C(=O)NC2CCOc3ccccc32)cc(-c2cccc([C@@H](CO)NC(=O)OC(C)(C)C)c2)c1. The predicted molar refractivity (Wildman–Crippen MR) is 184 cm³/mol. The van der Waals surface area contributed by atoms with Crippen LogP contribution in [-0.4, -0.2) is 49.0 Å². The van der Waals surface area contributed by atoms with Crippen molar-refractivity contribution in [3.8, 4) is 22.6 Å². The summed E-state index contributed by atoms with van der Waals surface area (Å²) in [5, 5.41) is 16.1. The number of aliphatic hydroxyl groups excluding tert-OH is 1. The number of para-hydroxylation sites is 2. The fourth-order valence-electron chi connectivity index (χ4n) is 5.61. The molecule has 5 rings (SSSR count). The number of fused-ring (bicyclic) bond motifs is 1. The van der Waals surface area contributed by atoms with E-state index in [9.17, 15) is 19.5 Å². The molecule has 0 aromatic heterocycles. The third kappa shape index (κ3) is 9.39. The van der Waals surface area contributed by atoms with Crippen molar-refractivity contribution in [2.24, 2.45) is 0 Å². The van der Waals surface area contributed by atoms with Crippen molar-refractivity contribution in [3.05, 3.63) is 119 Å². The Balaban J connectivity index is 1.46. The largest absolute Gasteiger partial charge is 0.493 e. The van der Waals surface area contributed by atoms with Gasteiger partial charge in [-0.05, 0) is 79.4 Å². The lowest BCUT2D eigenvalue weighted by molar-refractivity contribution is -0.139. The number of alkyl carbamates (subject to hydrolysis) is 1. The normalized spacial score (nSPS) is 14.4. The number of carbonyl (C=O) groups excluding carboxylic acids is 3. The van der Waals surface area contributed by atoms with Gasteiger partial charge in [0.2, 0.25) is 0 Å². The molecule has 0 aliphatic carbocycles. The molecule has 4 aromatic carbocycles. The summed E-state index contributed by atoms with van der Waals surface area (Å²) in [7, 11) is 1.34. The molecule has 0 saturated heterocycles. The number of ether oxygens (including phenoxy) is 4. The Morgan fingerprint density at radius 3 is 2.49 bits per heavy atom. The van der Waals surface area contributed by atoms with Crippen LogP contribution in [0.5, 0.6) is 11.5 Å². The van der Waals surface area contributed by atoms with Gasteiger partial charge >= 0.3 is 12.1 Å². The molecule has 1 heterocycles. The van der Waals surface area contributed by atoms with Crippen molar-refractivity contribution in [1.29, 1.82) is 0 Å². The van der Waals surface area contributed by atoms with Crippen molar-refractivity contribution in [3.63, 3.8) is 0 Å². The minimum Gasteiger partial charge on any atom is -0.493 e. The lowest BCUT2D eigenvalue weighted by Gasteiger charge is -2.26. The molecule has 1 aliphatic heterocycles. The average molecular weight is 667 g/mol. The Bertz CT molecular complexity index is 1800. The number of esters is 1. The maximum absolute atomic E-state index is 13.9. The third-order valence-electron chi connectivity index (χ3n) is 7.94. The molecule has 10 nitrogen and oxygen atoms in total. The zero-order valence-corrected chi connectivity index (χ0v) is 28.2. The van der Waals surface area contributed by atoms with Crippen LogP contribution in [0.1, 0.15) is 71.9 Å². The minimum atomic E-state index is -0.719. The lowest BCUT2D eigenvalue weighted by Crippen LogP contribution is -2.36. The molecule has 1 aliphatic rings. The second kappa shape index (κ2) is 15.7. The summed E-state index contributed by atoms with van der Waals surface area (Å²) < 4.78 is 22.2. The van der Waals surface area contributed by atoms with Gasteiger partial charge < -0.3 is 34.7 Å². The summed E-state index contributed by atoms with van der Waals surface area (Å²) in [6, 6.07) is 26.9. The van der Waals surface area contributed by atoms with Gasteiger partial charge in [0.1, 0.15) is 23.7 Å². The third-order valence-corrected chi connectivity index (χ3v) is 7.94. The lowest BCUT2D eigenvalue weighted by atomic mass is 9.95. The van der Waals surface area contributed by atoms with E-state index in [0.29, 0.717) is 35.5 Å². The Hall–Kier alpha value is -5.35. The maximum atomic E-state index is 13.9. The highest BCUT2D eigenvalue weighted by Crippen LogP contribution is 2.33. The fraction of sp³-hybridized carbons (Fsp3) is 0.308. The van der Waals surface area contributed by atoms with E-state index in [2.05, 4.69) is 10.6 Å². The molecule has 49 heavy (non-hydrogen) atoms. The Kier molecular flexibility index (Phi) is 11.2. The van der Waals surface area contributed by atoms with E-state index in [-0.39, 0.29) is 37.6 Å². The number of rotatable bonds is 11. The molecule has 2 atom stereocenters. The maximum Gasteiger partial charge on any atom is 0.408 e. The van der Waals surface area contributed by atoms with Gasteiger partial charge in [-0.3, -0.25) is 9.59 Å². The van der Waals surface area contributed by atoms with Crippen LogP contribution in [0.3, 0.4) is 0 Å². The smallest absolute Gasteiger partial charge is 0.408 e. The first kappa shape index (κ1) is 35.0. The molecule has 0 radical (unpaired) electrons. The molecule has 3 N–H and O–H groups in total. The summed E-state index contributed by atoms with van der Waals surface area (Å²) in [4.78, 5) is 38.4. The number of benzene rings is 4. The molecule has 2 amide bonds. The van der Waals surface area contributed by atoms with Crippen LogP contribution in [0.2, 0.25) is 0 Å². The first-order valence-electron chi connectivity index (χ1n) is 16.2. The van der Waals surface area contributed by atoms with Gasteiger partial charge in [0.05, 0.1) is 38.8 Å². The number of amides is 2. The van der Waals surface area contributed by atoms with E-state index in [1.54, 1.807) is 32.9 Å². The monoisotopic (exact) mass is 666 g/mol. The van der Waals surface area contributed by atoms with Gasteiger partial charge in [0, 0.05) is 23.1 Å². The van der Waals surface area contributed by atoms with Crippen molar-refractivity contribution in [2.75, 3.05) is 20.3 Å². The van der Waals surface area contributed by atoms with Gasteiger partial charge in [0.15, 0.2) is 0 Å². The van der Waals surface area contributed by atoms with Crippen LogP contribution in [0.25, 0.3) is 11.1 Å². The summed E-state index contributed by atoms with van der Waals surface area (Å²) in [6.45, 7) is 5.56. The Morgan fingerprint density at radius 2 is 1.71 bits per heavy atom. The molecular formula is C39H42N2O8. The van der Waals surface area contributed by atoms with Gasteiger partial charge in [-0.25, -0.2) is 4.79 Å². The quantitative estimate of drug-likeness (QED) is 0.156. The van der Waals surface area contributed by atoms with Crippen LogP contribution in [0.4, 0.5) is 4.79 Å². The molecule has 256 valence electrons. The fourth-order valence-corrected chi connectivity index (χ4v) is 5.61. The molecule has 10 heteroatoms. The van der Waals surface area contributed by atoms with E-state index in [4.69, 9.17) is 18.9 Å². The van der Waals surface area contributed by atoms with E-state index in [0.717, 1.165) is 28.0 Å². The zero-order valence-electron chi connectivity index (χ0n) is 28.2. The number of carbonyl (C=O) groups is 3. The van der Waals surface area contributed by atoms with E-state index < -0.39 is 17.7 Å². The molecule has 0 fully saturated rings. The molecule has 4 aromatic rings. The van der Waals surface area contributed by atoms with Gasteiger partial charge in [0.25, 0.3) is 5.91 Å². The van der Waals surface area contributed by atoms with E-state index in [1.165, 1.54) is 7.11 Å². The Morgan fingerprint density at radius 1 is 0.939 bits per heavy atom. The van der Waals surface area contributed by atoms with Crippen LogP contribution in [0, 0.1) is 0 Å². The van der Waals surface area contributed by atoms with Gasteiger partial charge in [-0.1, -0.05) is 54.6 Å². The standard InChI is InChI=1S/C39H42N2O8/c1-39(2,3)49-38(45)41-33(23-42)27-12-9-11-26(20-27)29-18-25(24-48-34-14-7-5-10-28(34)22-36(43)46-4)19-30(21-29)37(44)40-32-16-17-47-35-15-8-6-13-31(32)35/h5-15,18-21,32-33,42H,16-17,22-24H2,1-4H3,(H,40,44)(H,41,45)/t32?,33-/m1/s1. The minimum absolute atomic E-state index is 0.0586. The zero-order chi connectivity index (χ0) is 35.0. The highest BCUT2D eigenvalue weighted by Gasteiger charge is 2.24. The molecule has 1 unspecified atom stereocenters. The predicted octanol–water partition coefficient (Wildman–Crippen LogP) is 6.46. The first-order valence-corrected chi connectivity index (χ1v) is 16.2. The van der Waals surface area contributed by atoms with Gasteiger partial charge in [-0.15, -0.1) is 0 Å². The summed E-state index contributed by atoms with van der Waals surface area (Å²) in [6.07, 6.45) is 0.0468. The van der Waals surface area contributed by atoms with Crippen LogP contribution >= 0.6 is 0 Å². The average Bonchev–Trinajstić information content (AvgIpc) is 3.09. The van der Waals surface area contributed by atoms with Crippen LogP contribution < -0.4 is 20.1 Å². The number of hydrogen-bond donors (Lipinski definition) is 3. The highest BCUT2D eigenvalue weighted by atomic mass is 16.6. The first-order chi connectivity index (χ1) is 23.5. The molecule has 0 spiro atoms. The summed E-state index contributed by atoms with van der Waals surface area (Å²) in [5.74, 6) is 0.646. The summed E-state index contributed by atoms with van der Waals surface area (Å²) in [5.41, 5.74) is 4.22. The summed E-state index contributed by atoms with van der Waals surface area (Å²) >= 11 is 0. The highest BCUT2D eigenvalue weighted by molar-refractivity contribution is 5.96. The molecule has 0 bridgehead atoms. The second-order valence-electron chi connectivity index (χ2n) is 12.8. The van der Waals surface area contributed by atoms with Crippen molar-refractivity contribution in [1.82, 2.24) is 10.6 Å². The second-order valence-corrected chi connectivity index (χ2v) is 12.8. The molecular weight excluding hydrogens is 624 g/mol. The topological polar surface area (TPSA) is 132 Å². The molecule has 0 saturated carbocycles. The van der Waals surface area contributed by atoms with Gasteiger partial charge in [-0.2, -0.15) is 0 Å². The van der Waals surface area contributed by atoms with Crippen LogP contribution in [0.15, 0.2) is 91.0 Å². The van der Waals surface area contributed by atoms with Crippen molar-refractivity contribution in [2.45, 2.75) is 57.9 Å². The van der Waals surface area contributed by atoms with Crippen LogP contribution in [-0.2, 0) is 27.3 Å². The number of aliphatic hydroxyl groups is 1. The van der Waals surface area contributed by atoms with Crippen molar-refractivity contribution < 1.29 is 38.4 Å². The van der Waals surface area contributed by atoms with E-state index in [1.807, 2.05) is 78.9 Å².